The van der Waals surface area contributed by atoms with E-state index in [1.54, 1.807) is 11.0 Å². The van der Waals surface area contributed by atoms with E-state index in [2.05, 4.69) is 5.16 Å². The van der Waals surface area contributed by atoms with Crippen molar-refractivity contribution in [2.24, 2.45) is 5.92 Å². The Kier molecular flexibility index (Phi) is 4.24. The van der Waals surface area contributed by atoms with Crippen LogP contribution in [0.3, 0.4) is 0 Å². The zero-order valence-corrected chi connectivity index (χ0v) is 12.6. The van der Waals surface area contributed by atoms with Gasteiger partial charge in [0.1, 0.15) is 5.69 Å². The molecular formula is C17H20N2O3. The van der Waals surface area contributed by atoms with Crippen LogP contribution < -0.4 is 0 Å². The quantitative estimate of drug-likeness (QED) is 0.946. The Morgan fingerprint density at radius 1 is 1.36 bits per heavy atom. The Hall–Kier alpha value is -2.14. The molecule has 2 unspecified atom stereocenters. The van der Waals surface area contributed by atoms with Crippen LogP contribution in [0.1, 0.15) is 30.3 Å². The third kappa shape index (κ3) is 2.90. The van der Waals surface area contributed by atoms with Crippen LogP contribution in [0, 0.1) is 5.92 Å². The lowest BCUT2D eigenvalue weighted by Crippen LogP contribution is -2.46. The van der Waals surface area contributed by atoms with Gasteiger partial charge in [0.2, 0.25) is 5.76 Å². The number of amides is 1. The first-order valence-electron chi connectivity index (χ1n) is 7.63. The van der Waals surface area contributed by atoms with Gasteiger partial charge < -0.3 is 14.5 Å². The minimum absolute atomic E-state index is 0.113. The van der Waals surface area contributed by atoms with Crippen molar-refractivity contribution >= 4 is 5.91 Å². The molecule has 0 spiro atoms. The smallest absolute Gasteiger partial charge is 0.292 e. The van der Waals surface area contributed by atoms with E-state index in [1.165, 1.54) is 0 Å². The predicted molar refractivity (Wildman–Crippen MR) is 82.2 cm³/mol. The van der Waals surface area contributed by atoms with Crippen molar-refractivity contribution in [3.8, 4) is 11.3 Å². The molecule has 1 amide bonds. The Labute approximate surface area is 129 Å². The zero-order valence-electron chi connectivity index (χ0n) is 12.6. The highest BCUT2D eigenvalue weighted by Gasteiger charge is 2.31. The van der Waals surface area contributed by atoms with Gasteiger partial charge in [-0.15, -0.1) is 0 Å². The molecule has 5 heteroatoms. The molecule has 1 aromatic heterocycles. The summed E-state index contributed by atoms with van der Waals surface area (Å²) < 4.78 is 5.25. The summed E-state index contributed by atoms with van der Waals surface area (Å²) in [6.45, 7) is 2.71. The second kappa shape index (κ2) is 6.32. The molecule has 3 rings (SSSR count). The minimum Gasteiger partial charge on any atom is -0.396 e. The zero-order chi connectivity index (χ0) is 15.5. The second-order valence-corrected chi connectivity index (χ2v) is 5.87. The molecule has 2 heterocycles. The first kappa shape index (κ1) is 14.8. The van der Waals surface area contributed by atoms with Gasteiger partial charge in [0.25, 0.3) is 5.91 Å². The van der Waals surface area contributed by atoms with Crippen molar-refractivity contribution in [3.05, 3.63) is 42.2 Å². The monoisotopic (exact) mass is 300 g/mol. The molecule has 1 aliphatic heterocycles. The van der Waals surface area contributed by atoms with E-state index in [-0.39, 0.29) is 30.2 Å². The Bertz CT molecular complexity index is 638. The van der Waals surface area contributed by atoms with Crippen molar-refractivity contribution in [1.82, 2.24) is 10.1 Å². The van der Waals surface area contributed by atoms with Crippen molar-refractivity contribution in [2.45, 2.75) is 25.8 Å². The van der Waals surface area contributed by atoms with Gasteiger partial charge in [0.15, 0.2) is 0 Å². The number of piperidine rings is 1. The summed E-state index contributed by atoms with van der Waals surface area (Å²) in [6.07, 6.45) is 1.85. The average molecular weight is 300 g/mol. The van der Waals surface area contributed by atoms with Crippen molar-refractivity contribution in [1.29, 1.82) is 0 Å². The molecule has 0 radical (unpaired) electrons. The SMILES string of the molecule is CC1CCC(CO)CN1C(=O)c1cc(-c2ccccc2)no1. The molecule has 2 atom stereocenters. The first-order chi connectivity index (χ1) is 10.7. The number of hydrogen-bond donors (Lipinski definition) is 1. The van der Waals surface area contributed by atoms with Gasteiger partial charge in [-0.1, -0.05) is 35.5 Å². The summed E-state index contributed by atoms with van der Waals surface area (Å²) in [6, 6.07) is 11.5. The fraction of sp³-hybridized carbons (Fsp3) is 0.412. The lowest BCUT2D eigenvalue weighted by molar-refractivity contribution is 0.0451. The van der Waals surface area contributed by atoms with Crippen LogP contribution in [0.5, 0.6) is 0 Å². The van der Waals surface area contributed by atoms with Crippen molar-refractivity contribution in [3.63, 3.8) is 0 Å². The van der Waals surface area contributed by atoms with E-state index in [0.29, 0.717) is 12.2 Å². The highest BCUT2D eigenvalue weighted by atomic mass is 16.5. The number of carbonyl (C=O) groups is 1. The summed E-state index contributed by atoms with van der Waals surface area (Å²) in [7, 11) is 0. The lowest BCUT2D eigenvalue weighted by Gasteiger charge is -2.36. The number of benzene rings is 1. The topological polar surface area (TPSA) is 66.6 Å². The number of nitrogens with zero attached hydrogens (tertiary/aromatic N) is 2. The summed E-state index contributed by atoms with van der Waals surface area (Å²) >= 11 is 0. The second-order valence-electron chi connectivity index (χ2n) is 5.87. The maximum atomic E-state index is 12.6. The molecule has 116 valence electrons. The molecule has 0 saturated carbocycles. The molecule has 1 N–H and O–H groups in total. The fourth-order valence-corrected chi connectivity index (χ4v) is 2.88. The number of aliphatic hydroxyl groups excluding tert-OH is 1. The highest BCUT2D eigenvalue weighted by molar-refractivity contribution is 5.92. The van der Waals surface area contributed by atoms with Crippen molar-refractivity contribution in [2.75, 3.05) is 13.2 Å². The molecule has 1 fully saturated rings. The highest BCUT2D eigenvalue weighted by Crippen LogP contribution is 2.25. The van der Waals surface area contributed by atoms with Gasteiger partial charge in [0, 0.05) is 30.8 Å². The van der Waals surface area contributed by atoms with Gasteiger partial charge in [-0.2, -0.15) is 0 Å². The van der Waals surface area contributed by atoms with Crippen LogP contribution in [-0.2, 0) is 0 Å². The average Bonchev–Trinajstić information content (AvgIpc) is 3.05. The van der Waals surface area contributed by atoms with Gasteiger partial charge in [-0.3, -0.25) is 4.79 Å². The van der Waals surface area contributed by atoms with Crippen LogP contribution >= 0.6 is 0 Å². The minimum atomic E-state index is -0.152. The van der Waals surface area contributed by atoms with Crippen LogP contribution in [-0.4, -0.2) is 40.3 Å². The van der Waals surface area contributed by atoms with Crippen LogP contribution in [0.2, 0.25) is 0 Å². The first-order valence-corrected chi connectivity index (χ1v) is 7.63. The Balaban J connectivity index is 1.79. The maximum absolute atomic E-state index is 12.6. The number of aliphatic hydroxyl groups is 1. The van der Waals surface area contributed by atoms with Gasteiger partial charge >= 0.3 is 0 Å². The molecular weight excluding hydrogens is 280 g/mol. The summed E-state index contributed by atoms with van der Waals surface area (Å²) in [5.74, 6) is 0.251. The molecule has 2 aromatic rings. The molecule has 1 saturated heterocycles. The van der Waals surface area contributed by atoms with Gasteiger partial charge in [-0.05, 0) is 25.7 Å². The molecule has 0 aliphatic carbocycles. The Morgan fingerprint density at radius 2 is 2.14 bits per heavy atom. The maximum Gasteiger partial charge on any atom is 0.292 e. The number of hydrogen-bond acceptors (Lipinski definition) is 4. The summed E-state index contributed by atoms with van der Waals surface area (Å²) in [5, 5.41) is 13.3. The van der Waals surface area contributed by atoms with E-state index in [9.17, 15) is 9.90 Å². The van der Waals surface area contributed by atoms with E-state index < -0.39 is 0 Å². The molecule has 0 bridgehead atoms. The van der Waals surface area contributed by atoms with E-state index in [1.807, 2.05) is 37.3 Å². The van der Waals surface area contributed by atoms with Crippen LogP contribution in [0.25, 0.3) is 11.3 Å². The predicted octanol–water partition coefficient (Wildman–Crippen LogP) is 2.57. The lowest BCUT2D eigenvalue weighted by atomic mass is 9.94. The number of carbonyl (C=O) groups excluding carboxylic acids is 1. The van der Waals surface area contributed by atoms with Crippen molar-refractivity contribution < 1.29 is 14.4 Å². The fourth-order valence-electron chi connectivity index (χ4n) is 2.88. The molecule has 1 aromatic carbocycles. The van der Waals surface area contributed by atoms with Crippen LogP contribution in [0.4, 0.5) is 0 Å². The number of rotatable bonds is 3. The largest absolute Gasteiger partial charge is 0.396 e. The molecule has 1 aliphatic rings. The number of aromatic nitrogens is 1. The normalized spacial score (nSPS) is 21.8. The molecule has 22 heavy (non-hydrogen) atoms. The van der Waals surface area contributed by atoms with E-state index in [4.69, 9.17) is 4.52 Å². The Morgan fingerprint density at radius 3 is 2.86 bits per heavy atom. The van der Waals surface area contributed by atoms with Gasteiger partial charge in [0.05, 0.1) is 0 Å². The summed E-state index contributed by atoms with van der Waals surface area (Å²) in [4.78, 5) is 14.4. The van der Waals surface area contributed by atoms with Gasteiger partial charge in [-0.25, -0.2) is 0 Å². The third-order valence-corrected chi connectivity index (χ3v) is 4.29. The van der Waals surface area contributed by atoms with E-state index >= 15 is 0 Å². The third-order valence-electron chi connectivity index (χ3n) is 4.29. The van der Waals surface area contributed by atoms with E-state index in [0.717, 1.165) is 18.4 Å². The standard InChI is InChI=1S/C17H20N2O3/c1-12-7-8-13(11-20)10-19(12)17(21)16-9-15(18-22-16)14-5-3-2-4-6-14/h2-6,9,12-13,20H,7-8,10-11H2,1H3. The summed E-state index contributed by atoms with van der Waals surface area (Å²) in [5.41, 5.74) is 1.58. The number of likely N-dealkylation sites (tertiary alicyclic amines) is 1. The van der Waals surface area contributed by atoms with Crippen LogP contribution in [0.15, 0.2) is 40.9 Å². The molecule has 5 nitrogen and oxygen atoms in total.